The van der Waals surface area contributed by atoms with E-state index in [4.69, 9.17) is 9.47 Å². The maximum atomic E-state index is 11.9. The fourth-order valence-corrected chi connectivity index (χ4v) is 4.86. The molecule has 1 aromatic carbocycles. The quantitative estimate of drug-likeness (QED) is 0.337. The lowest BCUT2D eigenvalue weighted by Gasteiger charge is -2.23. The van der Waals surface area contributed by atoms with Crippen LogP contribution in [0.5, 0.6) is 0 Å². The number of fused-ring (bicyclic) bond motifs is 1. The summed E-state index contributed by atoms with van der Waals surface area (Å²) in [7, 11) is 0. The van der Waals surface area contributed by atoms with E-state index in [2.05, 4.69) is 29.5 Å². The summed E-state index contributed by atoms with van der Waals surface area (Å²) >= 11 is 2.27. The average Bonchev–Trinajstić information content (AvgIpc) is 2.97. The van der Waals surface area contributed by atoms with Crippen molar-refractivity contribution in [2.24, 2.45) is 23.7 Å². The SMILES string of the molecule is C[C@H]1[C@@H](I)C2OC(=O)[C@H](C(=O)O)C2[C@@H]1COCc1ccccc1. The number of hydrogen-bond acceptors (Lipinski definition) is 4. The zero-order chi connectivity index (χ0) is 16.6. The lowest BCUT2D eigenvalue weighted by atomic mass is 9.82. The molecule has 3 rings (SSSR count). The molecule has 1 aliphatic heterocycles. The largest absolute Gasteiger partial charge is 0.481 e. The Morgan fingerprint density at radius 3 is 2.70 bits per heavy atom. The van der Waals surface area contributed by atoms with Crippen LogP contribution in [0.2, 0.25) is 0 Å². The van der Waals surface area contributed by atoms with E-state index in [9.17, 15) is 14.7 Å². The Hall–Kier alpha value is -1.15. The van der Waals surface area contributed by atoms with Crippen LogP contribution in [0.25, 0.3) is 0 Å². The number of hydrogen-bond donors (Lipinski definition) is 1. The van der Waals surface area contributed by atoms with E-state index in [1.165, 1.54) is 0 Å². The topological polar surface area (TPSA) is 72.8 Å². The van der Waals surface area contributed by atoms with Crippen LogP contribution in [-0.4, -0.2) is 33.7 Å². The summed E-state index contributed by atoms with van der Waals surface area (Å²) < 4.78 is 11.3. The molecule has 1 aliphatic carbocycles. The van der Waals surface area contributed by atoms with Crippen molar-refractivity contribution < 1.29 is 24.2 Å². The van der Waals surface area contributed by atoms with E-state index in [1.807, 2.05) is 30.3 Å². The van der Waals surface area contributed by atoms with Gasteiger partial charge in [0.05, 0.1) is 17.1 Å². The summed E-state index contributed by atoms with van der Waals surface area (Å²) in [5.41, 5.74) is 1.08. The van der Waals surface area contributed by atoms with Crippen LogP contribution in [0.4, 0.5) is 0 Å². The Balaban J connectivity index is 1.69. The third-order valence-electron chi connectivity index (χ3n) is 4.94. The first kappa shape index (κ1) is 16.7. The van der Waals surface area contributed by atoms with Crippen molar-refractivity contribution >= 4 is 34.5 Å². The van der Waals surface area contributed by atoms with Gasteiger partial charge in [0.2, 0.25) is 0 Å². The Morgan fingerprint density at radius 2 is 2.04 bits per heavy atom. The molecule has 2 aliphatic rings. The summed E-state index contributed by atoms with van der Waals surface area (Å²) in [4.78, 5) is 23.3. The minimum Gasteiger partial charge on any atom is -0.481 e. The van der Waals surface area contributed by atoms with Gasteiger partial charge in [-0.3, -0.25) is 9.59 Å². The number of alkyl halides is 1. The number of esters is 1. The van der Waals surface area contributed by atoms with Crippen molar-refractivity contribution in [2.75, 3.05) is 6.61 Å². The van der Waals surface area contributed by atoms with E-state index in [0.29, 0.717) is 13.2 Å². The van der Waals surface area contributed by atoms with Crippen molar-refractivity contribution in [1.82, 2.24) is 0 Å². The molecule has 6 heteroatoms. The molecule has 23 heavy (non-hydrogen) atoms. The molecule has 124 valence electrons. The number of carboxylic acids is 1. The summed E-state index contributed by atoms with van der Waals surface area (Å²) in [5, 5.41) is 9.38. The number of benzene rings is 1. The van der Waals surface area contributed by atoms with Crippen LogP contribution >= 0.6 is 22.6 Å². The molecule has 1 aromatic rings. The third kappa shape index (κ3) is 3.10. The summed E-state index contributed by atoms with van der Waals surface area (Å²) in [6.45, 7) is 3.01. The average molecular weight is 430 g/mol. The first-order chi connectivity index (χ1) is 11.0. The van der Waals surface area contributed by atoms with Crippen LogP contribution in [0, 0.1) is 23.7 Å². The molecular weight excluding hydrogens is 411 g/mol. The first-order valence-electron chi connectivity index (χ1n) is 7.69. The highest BCUT2D eigenvalue weighted by Crippen LogP contribution is 2.50. The van der Waals surface area contributed by atoms with Crippen LogP contribution < -0.4 is 0 Å². The van der Waals surface area contributed by atoms with E-state index in [0.717, 1.165) is 5.56 Å². The molecule has 1 N–H and O–H groups in total. The lowest BCUT2D eigenvalue weighted by Crippen LogP contribution is -2.32. The fourth-order valence-electron chi connectivity index (χ4n) is 3.70. The second kappa shape index (κ2) is 6.76. The smallest absolute Gasteiger partial charge is 0.321 e. The highest BCUT2D eigenvalue weighted by Gasteiger charge is 2.61. The Morgan fingerprint density at radius 1 is 1.35 bits per heavy atom. The highest BCUT2D eigenvalue weighted by molar-refractivity contribution is 14.1. The zero-order valence-corrected chi connectivity index (χ0v) is 14.9. The molecule has 1 saturated carbocycles. The predicted molar refractivity (Wildman–Crippen MR) is 91.1 cm³/mol. The Bertz CT molecular complexity index is 590. The molecular formula is C17H19IO5. The molecule has 0 aromatic heterocycles. The van der Waals surface area contributed by atoms with E-state index >= 15 is 0 Å². The van der Waals surface area contributed by atoms with Gasteiger partial charge in [0.25, 0.3) is 0 Å². The van der Waals surface area contributed by atoms with E-state index in [-0.39, 0.29) is 27.8 Å². The van der Waals surface area contributed by atoms with Crippen molar-refractivity contribution in [2.45, 2.75) is 23.6 Å². The maximum Gasteiger partial charge on any atom is 0.321 e. The van der Waals surface area contributed by atoms with Gasteiger partial charge in [-0.1, -0.05) is 59.8 Å². The Labute approximate surface area is 148 Å². The lowest BCUT2D eigenvalue weighted by molar-refractivity contribution is -0.154. The van der Waals surface area contributed by atoms with Crippen LogP contribution in [-0.2, 0) is 25.7 Å². The molecule has 5 nitrogen and oxygen atoms in total. The minimum atomic E-state index is -1.09. The standard InChI is InChI=1S/C17H19IO5/c1-9-11(8-22-7-10-5-3-2-4-6-10)12-13(16(19)20)17(21)23-15(12)14(9)18/h2-6,9,11-15H,7-8H2,1H3,(H,19,20)/t9-,11-,12?,13+,14-,15?/m1/s1. The number of rotatable bonds is 5. The summed E-state index contributed by atoms with van der Waals surface area (Å²) in [5.74, 6) is -2.79. The molecule has 1 heterocycles. The molecule has 1 saturated heterocycles. The monoisotopic (exact) mass is 430 g/mol. The van der Waals surface area contributed by atoms with Gasteiger partial charge in [0.15, 0.2) is 5.92 Å². The summed E-state index contributed by atoms with van der Waals surface area (Å²) in [6, 6.07) is 9.84. The van der Waals surface area contributed by atoms with Crippen molar-refractivity contribution in [3.63, 3.8) is 0 Å². The van der Waals surface area contributed by atoms with Crippen molar-refractivity contribution in [3.05, 3.63) is 35.9 Å². The molecule has 0 bridgehead atoms. The van der Waals surface area contributed by atoms with Crippen LogP contribution in [0.15, 0.2) is 30.3 Å². The molecule has 0 amide bonds. The second-order valence-electron chi connectivity index (χ2n) is 6.26. The van der Waals surface area contributed by atoms with Crippen LogP contribution in [0.3, 0.4) is 0 Å². The van der Waals surface area contributed by atoms with Gasteiger partial charge >= 0.3 is 11.9 Å². The third-order valence-corrected chi connectivity index (χ3v) is 6.79. The zero-order valence-electron chi connectivity index (χ0n) is 12.7. The number of aliphatic carboxylic acids is 1. The van der Waals surface area contributed by atoms with Gasteiger partial charge in [-0.2, -0.15) is 0 Å². The highest BCUT2D eigenvalue weighted by atomic mass is 127. The predicted octanol–water partition coefficient (Wildman–Crippen LogP) is 2.52. The normalized spacial score (nSPS) is 35.8. The molecule has 0 spiro atoms. The number of carbonyl (C=O) groups is 2. The van der Waals surface area contributed by atoms with Gasteiger partial charge in [-0.05, 0) is 17.4 Å². The number of carboxylic acid groups (broad SMARTS) is 1. The van der Waals surface area contributed by atoms with E-state index in [1.54, 1.807) is 0 Å². The minimum absolute atomic E-state index is 0.0122. The van der Waals surface area contributed by atoms with Gasteiger partial charge in [-0.15, -0.1) is 0 Å². The molecule has 0 radical (unpaired) electrons. The van der Waals surface area contributed by atoms with Crippen molar-refractivity contribution in [3.8, 4) is 0 Å². The second-order valence-corrected chi connectivity index (χ2v) is 7.70. The van der Waals surface area contributed by atoms with Gasteiger partial charge in [0, 0.05) is 5.92 Å². The van der Waals surface area contributed by atoms with Gasteiger partial charge in [-0.25, -0.2) is 0 Å². The Kier molecular flexibility index (Phi) is 4.91. The first-order valence-corrected chi connectivity index (χ1v) is 8.94. The molecule has 2 fully saturated rings. The van der Waals surface area contributed by atoms with E-state index < -0.39 is 17.9 Å². The molecule has 6 atom stereocenters. The van der Waals surface area contributed by atoms with Gasteiger partial charge in [0.1, 0.15) is 6.10 Å². The molecule has 2 unspecified atom stereocenters. The van der Waals surface area contributed by atoms with Gasteiger partial charge < -0.3 is 14.6 Å². The van der Waals surface area contributed by atoms with Crippen molar-refractivity contribution in [1.29, 1.82) is 0 Å². The summed E-state index contributed by atoms with van der Waals surface area (Å²) in [6.07, 6.45) is -0.315. The van der Waals surface area contributed by atoms with Crippen LogP contribution in [0.1, 0.15) is 12.5 Å². The number of carbonyl (C=O) groups excluding carboxylic acids is 1. The fraction of sp³-hybridized carbons (Fsp3) is 0.529. The maximum absolute atomic E-state index is 11.9. The number of halogens is 1. The number of ether oxygens (including phenoxy) is 2.